The van der Waals surface area contributed by atoms with Crippen LogP contribution in [0.1, 0.15) is 27.4 Å². The molecule has 31 heavy (non-hydrogen) atoms. The van der Waals surface area contributed by atoms with Crippen LogP contribution < -0.4 is 9.47 Å². The lowest BCUT2D eigenvalue weighted by Crippen LogP contribution is -2.20. The van der Waals surface area contributed by atoms with Gasteiger partial charge in [-0.25, -0.2) is 4.98 Å². The van der Waals surface area contributed by atoms with Crippen LogP contribution in [0.5, 0.6) is 11.5 Å². The number of rotatable bonds is 6. The SMILES string of the molecule is Cc1cnc(CC(=O)c2nc3ccc(OC(F)(F)F)cc3[nH]2)c(C)c1OCC(F)(F)F. The standard InChI is InChI=1S/C19H15F6N3O3/c1-9-7-26-13(10(2)16(9)30-8-18(20,21)22)6-15(29)17-27-12-4-3-11(5-14(12)28-17)31-19(23,24)25/h3-5,7H,6,8H2,1-2H3,(H,27,28). The summed E-state index contributed by atoms with van der Waals surface area (Å²) in [4.78, 5) is 23.3. The first kappa shape index (κ1) is 22.4. The molecule has 0 atom stereocenters. The van der Waals surface area contributed by atoms with E-state index < -0.39 is 30.7 Å². The van der Waals surface area contributed by atoms with Crippen molar-refractivity contribution in [3.05, 3.63) is 47.0 Å². The fourth-order valence-corrected chi connectivity index (χ4v) is 2.87. The van der Waals surface area contributed by atoms with Crippen molar-refractivity contribution >= 4 is 16.8 Å². The summed E-state index contributed by atoms with van der Waals surface area (Å²) < 4.78 is 83.2. The summed E-state index contributed by atoms with van der Waals surface area (Å²) in [5.74, 6) is -1.20. The van der Waals surface area contributed by atoms with Gasteiger partial charge < -0.3 is 14.5 Å². The second-order valence-electron chi connectivity index (χ2n) is 6.66. The van der Waals surface area contributed by atoms with Crippen molar-refractivity contribution in [2.45, 2.75) is 32.8 Å². The molecule has 0 saturated carbocycles. The molecule has 0 radical (unpaired) electrons. The van der Waals surface area contributed by atoms with Gasteiger partial charge in [-0.05, 0) is 26.0 Å². The molecule has 12 heteroatoms. The van der Waals surface area contributed by atoms with Crippen molar-refractivity contribution in [2.24, 2.45) is 0 Å². The number of nitrogens with one attached hydrogen (secondary N) is 1. The maximum Gasteiger partial charge on any atom is 0.573 e. The summed E-state index contributed by atoms with van der Waals surface area (Å²) >= 11 is 0. The van der Waals surface area contributed by atoms with E-state index >= 15 is 0 Å². The van der Waals surface area contributed by atoms with Crippen LogP contribution in [0.2, 0.25) is 0 Å². The van der Waals surface area contributed by atoms with Crippen LogP contribution in [-0.2, 0) is 6.42 Å². The number of hydrogen-bond donors (Lipinski definition) is 1. The smallest absolute Gasteiger partial charge is 0.483 e. The molecule has 0 aliphatic carbocycles. The summed E-state index contributed by atoms with van der Waals surface area (Å²) in [5.41, 5.74) is 1.22. The Kier molecular flexibility index (Phi) is 5.83. The molecule has 3 rings (SSSR count). The summed E-state index contributed by atoms with van der Waals surface area (Å²) in [6, 6.07) is 3.36. The van der Waals surface area contributed by atoms with E-state index in [4.69, 9.17) is 4.74 Å². The number of alkyl halides is 6. The molecule has 1 N–H and O–H groups in total. The number of ketones is 1. The number of aromatic amines is 1. The third kappa shape index (κ3) is 5.64. The maximum atomic E-state index is 12.6. The zero-order valence-corrected chi connectivity index (χ0v) is 16.1. The lowest BCUT2D eigenvalue weighted by atomic mass is 10.1. The van der Waals surface area contributed by atoms with Gasteiger partial charge in [-0.15, -0.1) is 13.2 Å². The number of imidazole rings is 1. The van der Waals surface area contributed by atoms with E-state index in [0.717, 1.165) is 12.1 Å². The van der Waals surface area contributed by atoms with E-state index in [9.17, 15) is 31.1 Å². The van der Waals surface area contributed by atoms with E-state index in [1.165, 1.54) is 26.1 Å². The van der Waals surface area contributed by atoms with Crippen molar-refractivity contribution < 1.29 is 40.6 Å². The van der Waals surface area contributed by atoms with Gasteiger partial charge in [0.05, 0.1) is 23.1 Å². The minimum atomic E-state index is -4.87. The van der Waals surface area contributed by atoms with Gasteiger partial charge in [0.1, 0.15) is 11.5 Å². The first-order chi connectivity index (χ1) is 14.3. The van der Waals surface area contributed by atoms with Crippen LogP contribution in [0, 0.1) is 13.8 Å². The average molecular weight is 447 g/mol. The number of hydrogen-bond acceptors (Lipinski definition) is 5. The highest BCUT2D eigenvalue weighted by Crippen LogP contribution is 2.28. The molecule has 0 bridgehead atoms. The molecule has 0 aliphatic rings. The Balaban J connectivity index is 1.82. The predicted octanol–water partition coefficient (Wildman–Crippen LogP) is 4.84. The van der Waals surface area contributed by atoms with E-state index in [0.29, 0.717) is 5.56 Å². The molecular formula is C19H15F6N3O3. The van der Waals surface area contributed by atoms with Crippen LogP contribution in [-0.4, -0.2) is 39.9 Å². The van der Waals surface area contributed by atoms with Crippen molar-refractivity contribution in [3.8, 4) is 11.5 Å². The first-order valence-electron chi connectivity index (χ1n) is 8.76. The van der Waals surface area contributed by atoms with Crippen LogP contribution in [0.15, 0.2) is 24.4 Å². The largest absolute Gasteiger partial charge is 0.573 e. The highest BCUT2D eigenvalue weighted by Gasteiger charge is 2.31. The van der Waals surface area contributed by atoms with Crippen LogP contribution in [0.4, 0.5) is 26.3 Å². The normalized spacial score (nSPS) is 12.3. The molecule has 2 heterocycles. The Morgan fingerprint density at radius 3 is 2.48 bits per heavy atom. The lowest BCUT2D eigenvalue weighted by molar-refractivity contribution is -0.274. The molecule has 0 unspecified atom stereocenters. The van der Waals surface area contributed by atoms with Gasteiger partial charge in [-0.3, -0.25) is 9.78 Å². The van der Waals surface area contributed by atoms with E-state index in [1.807, 2.05) is 0 Å². The van der Waals surface area contributed by atoms with E-state index in [2.05, 4.69) is 19.7 Å². The molecule has 6 nitrogen and oxygen atoms in total. The molecule has 1 aromatic carbocycles. The molecule has 0 aliphatic heterocycles. The van der Waals surface area contributed by atoms with Gasteiger partial charge in [0.2, 0.25) is 5.78 Å². The average Bonchev–Trinajstić information content (AvgIpc) is 3.05. The third-order valence-corrected chi connectivity index (χ3v) is 4.20. The van der Waals surface area contributed by atoms with Gasteiger partial charge in [-0.2, -0.15) is 13.2 Å². The lowest BCUT2D eigenvalue weighted by Gasteiger charge is -2.15. The Bertz CT molecular complexity index is 1120. The Labute approximate surface area is 171 Å². The summed E-state index contributed by atoms with van der Waals surface area (Å²) in [7, 11) is 0. The van der Waals surface area contributed by atoms with Gasteiger partial charge in [0.15, 0.2) is 12.4 Å². The number of Topliss-reactive ketones (excluding diaryl/α,β-unsaturated/α-hetero) is 1. The number of fused-ring (bicyclic) bond motifs is 1. The molecule has 3 aromatic rings. The second kappa shape index (κ2) is 8.08. The van der Waals surface area contributed by atoms with Crippen molar-refractivity contribution in [1.82, 2.24) is 15.0 Å². The summed E-state index contributed by atoms with van der Waals surface area (Å²) in [6.45, 7) is 1.52. The monoisotopic (exact) mass is 447 g/mol. The Morgan fingerprint density at radius 2 is 1.84 bits per heavy atom. The molecule has 0 spiro atoms. The molecule has 166 valence electrons. The fraction of sp³-hybridized carbons (Fsp3) is 0.316. The van der Waals surface area contributed by atoms with Crippen molar-refractivity contribution in [1.29, 1.82) is 0 Å². The van der Waals surface area contributed by atoms with E-state index in [1.54, 1.807) is 0 Å². The minimum Gasteiger partial charge on any atom is -0.483 e. The molecule has 0 amide bonds. The molecule has 0 saturated heterocycles. The predicted molar refractivity (Wildman–Crippen MR) is 96.1 cm³/mol. The number of aromatic nitrogens is 3. The number of ether oxygens (including phenoxy) is 2. The summed E-state index contributed by atoms with van der Waals surface area (Å²) in [5, 5.41) is 0. The van der Waals surface area contributed by atoms with Crippen LogP contribution in [0.3, 0.4) is 0 Å². The molecule has 2 aromatic heterocycles. The van der Waals surface area contributed by atoms with Crippen molar-refractivity contribution in [3.63, 3.8) is 0 Å². The zero-order valence-electron chi connectivity index (χ0n) is 16.1. The number of benzene rings is 1. The Hall–Kier alpha value is -3.31. The zero-order chi connectivity index (χ0) is 23.0. The number of aryl methyl sites for hydroxylation is 1. The molecule has 0 fully saturated rings. The van der Waals surface area contributed by atoms with Crippen molar-refractivity contribution in [2.75, 3.05) is 6.61 Å². The number of H-pyrrole nitrogens is 1. The minimum absolute atomic E-state index is 0.0197. The Morgan fingerprint density at radius 1 is 1.13 bits per heavy atom. The maximum absolute atomic E-state index is 12.6. The first-order valence-corrected chi connectivity index (χ1v) is 8.76. The third-order valence-electron chi connectivity index (χ3n) is 4.20. The number of carbonyl (C=O) groups is 1. The van der Waals surface area contributed by atoms with Gasteiger partial charge in [-0.1, -0.05) is 0 Å². The van der Waals surface area contributed by atoms with Gasteiger partial charge >= 0.3 is 12.5 Å². The quantitative estimate of drug-likeness (QED) is 0.432. The topological polar surface area (TPSA) is 77.1 Å². The number of pyridine rings is 1. The highest BCUT2D eigenvalue weighted by molar-refractivity contribution is 5.97. The number of halogens is 6. The van der Waals surface area contributed by atoms with Gasteiger partial charge in [0.25, 0.3) is 0 Å². The second-order valence-corrected chi connectivity index (χ2v) is 6.66. The highest BCUT2D eigenvalue weighted by atomic mass is 19.4. The number of carbonyl (C=O) groups excluding carboxylic acids is 1. The van der Waals surface area contributed by atoms with Crippen LogP contribution in [0.25, 0.3) is 11.0 Å². The molecular weight excluding hydrogens is 432 g/mol. The summed E-state index contributed by atoms with van der Waals surface area (Å²) in [6.07, 6.45) is -8.41. The van der Waals surface area contributed by atoms with Crippen LogP contribution >= 0.6 is 0 Å². The van der Waals surface area contributed by atoms with Gasteiger partial charge in [0, 0.05) is 23.4 Å². The fourth-order valence-electron chi connectivity index (χ4n) is 2.87. The van der Waals surface area contributed by atoms with E-state index in [-0.39, 0.29) is 40.3 Å². The number of nitrogens with zero attached hydrogens (tertiary/aromatic N) is 2.